The number of urea groups is 1. The number of carbonyl (C=O) groups is 2. The van der Waals surface area contributed by atoms with Gasteiger partial charge < -0.3 is 24.7 Å². The second-order valence-corrected chi connectivity index (χ2v) is 5.95. The Morgan fingerprint density at radius 3 is 2.76 bits per heavy atom. The standard InChI is InChI=1S/C18H21N3O4/c1-13(22)19-15-8-9-21(11-15)18(23)20-14-4-6-16(7-5-14)25-12-17-3-2-10-24-17/h2-7,10,15H,8-9,11-12H2,1H3,(H,19,22)(H,20,23). The molecular formula is C18H21N3O4. The minimum atomic E-state index is -0.169. The van der Waals surface area contributed by atoms with E-state index >= 15 is 0 Å². The number of rotatable bonds is 5. The Kier molecular flexibility index (Phi) is 5.23. The van der Waals surface area contributed by atoms with Gasteiger partial charge in [-0.2, -0.15) is 0 Å². The first-order valence-electron chi connectivity index (χ1n) is 8.18. The highest BCUT2D eigenvalue weighted by molar-refractivity contribution is 5.89. The summed E-state index contributed by atoms with van der Waals surface area (Å²) in [6.45, 7) is 2.99. The number of carbonyl (C=O) groups excluding carboxylic acids is 2. The fourth-order valence-corrected chi connectivity index (χ4v) is 2.74. The summed E-state index contributed by atoms with van der Waals surface area (Å²) in [4.78, 5) is 25.0. The van der Waals surface area contributed by atoms with Crippen molar-refractivity contribution >= 4 is 17.6 Å². The molecule has 7 nitrogen and oxygen atoms in total. The maximum absolute atomic E-state index is 12.3. The molecule has 1 atom stereocenters. The third kappa shape index (κ3) is 4.76. The van der Waals surface area contributed by atoms with Crippen LogP contribution in [0.3, 0.4) is 0 Å². The van der Waals surface area contributed by atoms with Crippen molar-refractivity contribution in [1.82, 2.24) is 10.2 Å². The Hall–Kier alpha value is -2.96. The van der Waals surface area contributed by atoms with Gasteiger partial charge in [-0.1, -0.05) is 0 Å². The average Bonchev–Trinajstić information content (AvgIpc) is 3.25. The summed E-state index contributed by atoms with van der Waals surface area (Å²) in [7, 11) is 0. The zero-order valence-electron chi connectivity index (χ0n) is 14.0. The first kappa shape index (κ1) is 16.9. The van der Waals surface area contributed by atoms with Crippen LogP contribution in [0.4, 0.5) is 10.5 Å². The van der Waals surface area contributed by atoms with Crippen LogP contribution in [0, 0.1) is 0 Å². The number of likely N-dealkylation sites (tertiary alicyclic amines) is 1. The molecule has 3 amide bonds. The van der Waals surface area contributed by atoms with E-state index in [0.717, 1.165) is 12.2 Å². The molecule has 0 spiro atoms. The average molecular weight is 343 g/mol. The molecule has 1 aliphatic heterocycles. The van der Waals surface area contributed by atoms with Crippen LogP contribution in [-0.4, -0.2) is 36.0 Å². The lowest BCUT2D eigenvalue weighted by Crippen LogP contribution is -2.38. The van der Waals surface area contributed by atoms with E-state index in [1.54, 1.807) is 35.4 Å². The van der Waals surface area contributed by atoms with Crippen LogP contribution in [0.15, 0.2) is 47.1 Å². The van der Waals surface area contributed by atoms with Crippen LogP contribution in [0.1, 0.15) is 19.1 Å². The first-order valence-corrected chi connectivity index (χ1v) is 8.18. The smallest absolute Gasteiger partial charge is 0.321 e. The van der Waals surface area contributed by atoms with Gasteiger partial charge in [0.1, 0.15) is 18.1 Å². The molecule has 1 saturated heterocycles. The molecule has 1 aliphatic rings. The lowest BCUT2D eigenvalue weighted by molar-refractivity contribution is -0.119. The molecular weight excluding hydrogens is 322 g/mol. The summed E-state index contributed by atoms with van der Waals surface area (Å²) >= 11 is 0. The summed E-state index contributed by atoms with van der Waals surface area (Å²) in [6, 6.07) is 10.7. The molecule has 0 bridgehead atoms. The van der Waals surface area contributed by atoms with E-state index < -0.39 is 0 Å². The van der Waals surface area contributed by atoms with Crippen molar-refractivity contribution in [1.29, 1.82) is 0 Å². The predicted octanol–water partition coefficient (Wildman–Crippen LogP) is 2.60. The number of furan rings is 1. The van der Waals surface area contributed by atoms with Gasteiger partial charge in [-0.3, -0.25) is 4.79 Å². The highest BCUT2D eigenvalue weighted by Gasteiger charge is 2.26. The normalized spacial score (nSPS) is 16.5. The van der Waals surface area contributed by atoms with Gasteiger partial charge in [-0.25, -0.2) is 4.79 Å². The van der Waals surface area contributed by atoms with Crippen molar-refractivity contribution in [3.05, 3.63) is 48.4 Å². The van der Waals surface area contributed by atoms with Crippen LogP contribution < -0.4 is 15.4 Å². The molecule has 7 heteroatoms. The predicted molar refractivity (Wildman–Crippen MR) is 92.3 cm³/mol. The van der Waals surface area contributed by atoms with Crippen LogP contribution >= 0.6 is 0 Å². The summed E-state index contributed by atoms with van der Waals surface area (Å²) in [5.41, 5.74) is 0.693. The number of amides is 3. The van der Waals surface area contributed by atoms with Crippen molar-refractivity contribution < 1.29 is 18.7 Å². The molecule has 1 aromatic carbocycles. The number of hydrogen-bond acceptors (Lipinski definition) is 4. The first-order chi connectivity index (χ1) is 12.1. The number of ether oxygens (including phenoxy) is 1. The fourth-order valence-electron chi connectivity index (χ4n) is 2.74. The second kappa shape index (κ2) is 7.74. The topological polar surface area (TPSA) is 83.8 Å². The Balaban J connectivity index is 1.48. The quantitative estimate of drug-likeness (QED) is 0.874. The molecule has 0 aliphatic carbocycles. The summed E-state index contributed by atoms with van der Waals surface area (Å²) in [6.07, 6.45) is 2.37. The van der Waals surface area contributed by atoms with E-state index in [-0.39, 0.29) is 18.0 Å². The SMILES string of the molecule is CC(=O)NC1CCN(C(=O)Nc2ccc(OCc3ccco3)cc2)C1. The number of anilines is 1. The summed E-state index contributed by atoms with van der Waals surface area (Å²) in [5.74, 6) is 1.37. The van der Waals surface area contributed by atoms with Gasteiger partial charge in [0, 0.05) is 31.7 Å². The third-order valence-corrected chi connectivity index (χ3v) is 3.95. The van der Waals surface area contributed by atoms with E-state index in [4.69, 9.17) is 9.15 Å². The Bertz CT molecular complexity index is 712. The number of benzene rings is 1. The third-order valence-electron chi connectivity index (χ3n) is 3.95. The van der Waals surface area contributed by atoms with E-state index in [9.17, 15) is 9.59 Å². The minimum Gasteiger partial charge on any atom is -0.486 e. The lowest BCUT2D eigenvalue weighted by atomic mass is 10.3. The van der Waals surface area contributed by atoms with E-state index in [1.165, 1.54) is 6.92 Å². The minimum absolute atomic E-state index is 0.0284. The Labute approximate surface area is 145 Å². The Morgan fingerprint density at radius 2 is 2.08 bits per heavy atom. The maximum Gasteiger partial charge on any atom is 0.321 e. The zero-order valence-corrected chi connectivity index (χ0v) is 14.0. The second-order valence-electron chi connectivity index (χ2n) is 5.95. The molecule has 2 aromatic rings. The van der Waals surface area contributed by atoms with Crippen molar-refractivity contribution in [2.75, 3.05) is 18.4 Å². The van der Waals surface area contributed by atoms with Crippen molar-refractivity contribution in [2.45, 2.75) is 26.0 Å². The van der Waals surface area contributed by atoms with Crippen LogP contribution in [-0.2, 0) is 11.4 Å². The number of nitrogens with zero attached hydrogens (tertiary/aromatic N) is 1. The monoisotopic (exact) mass is 343 g/mol. The van der Waals surface area contributed by atoms with Gasteiger partial charge in [0.15, 0.2) is 0 Å². The molecule has 1 aromatic heterocycles. The van der Waals surface area contributed by atoms with Crippen LogP contribution in [0.25, 0.3) is 0 Å². The highest BCUT2D eigenvalue weighted by atomic mass is 16.5. The maximum atomic E-state index is 12.3. The molecule has 25 heavy (non-hydrogen) atoms. The van der Waals surface area contributed by atoms with Gasteiger partial charge in [0.25, 0.3) is 0 Å². The molecule has 132 valence electrons. The van der Waals surface area contributed by atoms with Crippen LogP contribution in [0.5, 0.6) is 5.75 Å². The molecule has 2 heterocycles. The van der Waals surface area contributed by atoms with Crippen molar-refractivity contribution in [3.63, 3.8) is 0 Å². The number of nitrogens with one attached hydrogen (secondary N) is 2. The zero-order chi connectivity index (χ0) is 17.6. The van der Waals surface area contributed by atoms with Crippen LogP contribution in [0.2, 0.25) is 0 Å². The van der Waals surface area contributed by atoms with Gasteiger partial charge in [-0.15, -0.1) is 0 Å². The molecule has 2 N–H and O–H groups in total. The van der Waals surface area contributed by atoms with Gasteiger partial charge >= 0.3 is 6.03 Å². The van der Waals surface area contributed by atoms with E-state index in [0.29, 0.717) is 31.1 Å². The number of hydrogen-bond donors (Lipinski definition) is 2. The van der Waals surface area contributed by atoms with Gasteiger partial charge in [0.05, 0.1) is 6.26 Å². The summed E-state index contributed by atoms with van der Waals surface area (Å²) in [5, 5.41) is 5.69. The fraction of sp³-hybridized carbons (Fsp3) is 0.333. The van der Waals surface area contributed by atoms with Gasteiger partial charge in [-0.05, 0) is 42.8 Å². The molecule has 0 saturated carbocycles. The molecule has 1 unspecified atom stereocenters. The van der Waals surface area contributed by atoms with E-state index in [1.807, 2.05) is 12.1 Å². The highest BCUT2D eigenvalue weighted by Crippen LogP contribution is 2.18. The van der Waals surface area contributed by atoms with Crippen molar-refractivity contribution in [2.24, 2.45) is 0 Å². The lowest BCUT2D eigenvalue weighted by Gasteiger charge is -2.17. The molecule has 0 radical (unpaired) electrons. The molecule has 3 rings (SSSR count). The van der Waals surface area contributed by atoms with Gasteiger partial charge in [0.2, 0.25) is 5.91 Å². The van der Waals surface area contributed by atoms with Crippen molar-refractivity contribution in [3.8, 4) is 5.75 Å². The largest absolute Gasteiger partial charge is 0.486 e. The summed E-state index contributed by atoms with van der Waals surface area (Å²) < 4.78 is 10.8. The Morgan fingerprint density at radius 1 is 1.28 bits per heavy atom. The van der Waals surface area contributed by atoms with E-state index in [2.05, 4.69) is 10.6 Å². The molecule has 1 fully saturated rings.